The lowest BCUT2D eigenvalue weighted by atomic mass is 10.2. The van der Waals surface area contributed by atoms with Crippen molar-refractivity contribution in [1.82, 2.24) is 4.98 Å². The average molecular weight is 234 g/mol. The number of halogens is 1. The Bertz CT molecular complexity index is 497. The van der Waals surface area contributed by atoms with E-state index in [1.54, 1.807) is 18.4 Å². The minimum atomic E-state index is -0.617. The summed E-state index contributed by atoms with van der Waals surface area (Å²) in [7, 11) is 0. The fraction of sp³-hybridized carbons (Fsp3) is 0.167. The summed E-state index contributed by atoms with van der Waals surface area (Å²) in [6.07, 6.45) is 2.33. The van der Waals surface area contributed by atoms with E-state index in [-0.39, 0.29) is 18.1 Å². The molecule has 0 aromatic carbocycles. The Hall–Kier alpha value is -2.17. The second-order valence-corrected chi connectivity index (χ2v) is 3.47. The first kappa shape index (κ1) is 11.3. The van der Waals surface area contributed by atoms with Gasteiger partial charge in [0.05, 0.1) is 6.26 Å². The van der Waals surface area contributed by atoms with Crippen molar-refractivity contribution in [3.05, 3.63) is 48.3 Å². The van der Waals surface area contributed by atoms with Crippen molar-refractivity contribution in [1.29, 1.82) is 0 Å². The van der Waals surface area contributed by atoms with Crippen LogP contribution in [0, 0.1) is 5.95 Å². The van der Waals surface area contributed by atoms with Gasteiger partial charge < -0.3 is 9.73 Å². The third kappa shape index (κ3) is 3.41. The lowest BCUT2D eigenvalue weighted by Gasteiger charge is -2.03. The van der Waals surface area contributed by atoms with Crippen LogP contribution in [0.3, 0.4) is 0 Å². The van der Waals surface area contributed by atoms with Gasteiger partial charge in [0.1, 0.15) is 11.6 Å². The number of carbonyl (C=O) groups is 1. The van der Waals surface area contributed by atoms with Crippen molar-refractivity contribution in [2.24, 2.45) is 0 Å². The van der Waals surface area contributed by atoms with Gasteiger partial charge in [-0.2, -0.15) is 4.39 Å². The summed E-state index contributed by atoms with van der Waals surface area (Å²) in [6, 6.07) is 7.81. The largest absolute Gasteiger partial charge is 0.469 e. The molecule has 2 rings (SSSR count). The fourth-order valence-electron chi connectivity index (χ4n) is 1.37. The molecule has 0 unspecified atom stereocenters. The molecule has 88 valence electrons. The van der Waals surface area contributed by atoms with Gasteiger partial charge in [-0.05, 0) is 24.3 Å². The number of hydrogen-bond donors (Lipinski definition) is 1. The predicted molar refractivity (Wildman–Crippen MR) is 59.9 cm³/mol. The number of hydrogen-bond acceptors (Lipinski definition) is 3. The molecule has 17 heavy (non-hydrogen) atoms. The van der Waals surface area contributed by atoms with E-state index >= 15 is 0 Å². The highest BCUT2D eigenvalue weighted by atomic mass is 19.1. The van der Waals surface area contributed by atoms with Crippen molar-refractivity contribution in [2.45, 2.75) is 12.8 Å². The number of furan rings is 1. The first-order valence-corrected chi connectivity index (χ1v) is 5.19. The Morgan fingerprint density at radius 2 is 2.24 bits per heavy atom. The average Bonchev–Trinajstić information content (AvgIpc) is 2.79. The molecule has 0 spiro atoms. The maximum absolute atomic E-state index is 12.7. The first-order chi connectivity index (χ1) is 8.24. The molecule has 2 aromatic rings. The fourth-order valence-corrected chi connectivity index (χ4v) is 1.37. The number of carbonyl (C=O) groups excluding carboxylic acids is 1. The Morgan fingerprint density at radius 3 is 2.94 bits per heavy atom. The van der Waals surface area contributed by atoms with Gasteiger partial charge >= 0.3 is 0 Å². The van der Waals surface area contributed by atoms with Crippen LogP contribution in [0.25, 0.3) is 0 Å². The zero-order chi connectivity index (χ0) is 12.1. The molecule has 2 heterocycles. The lowest BCUT2D eigenvalue weighted by molar-refractivity contribution is -0.116. The Morgan fingerprint density at radius 1 is 1.35 bits per heavy atom. The highest BCUT2D eigenvalue weighted by molar-refractivity contribution is 5.89. The van der Waals surface area contributed by atoms with Crippen molar-refractivity contribution >= 4 is 11.7 Å². The second kappa shape index (κ2) is 5.25. The third-order valence-corrected chi connectivity index (χ3v) is 2.16. The number of aryl methyl sites for hydroxylation is 1. The molecule has 0 fully saturated rings. The Labute approximate surface area is 97.5 Å². The molecule has 0 saturated heterocycles. The number of amides is 1. The second-order valence-electron chi connectivity index (χ2n) is 3.47. The summed E-state index contributed by atoms with van der Waals surface area (Å²) in [5.74, 6) is 0.120. The van der Waals surface area contributed by atoms with Crippen LogP contribution in [0.2, 0.25) is 0 Å². The summed E-state index contributed by atoms with van der Waals surface area (Å²) in [5, 5.41) is 2.51. The molecule has 1 amide bonds. The van der Waals surface area contributed by atoms with Crippen molar-refractivity contribution in [2.75, 3.05) is 5.32 Å². The van der Waals surface area contributed by atoms with Crippen LogP contribution in [0.5, 0.6) is 0 Å². The molecular weight excluding hydrogens is 223 g/mol. The summed E-state index contributed by atoms with van der Waals surface area (Å²) in [6.45, 7) is 0. The summed E-state index contributed by atoms with van der Waals surface area (Å²) < 4.78 is 17.8. The molecule has 0 radical (unpaired) electrons. The Balaban J connectivity index is 1.85. The number of pyridine rings is 1. The van der Waals surface area contributed by atoms with E-state index in [0.717, 1.165) is 5.76 Å². The van der Waals surface area contributed by atoms with Crippen LogP contribution < -0.4 is 5.32 Å². The van der Waals surface area contributed by atoms with E-state index in [2.05, 4.69) is 10.3 Å². The van der Waals surface area contributed by atoms with Gasteiger partial charge in [-0.15, -0.1) is 0 Å². The molecule has 0 bridgehead atoms. The molecule has 0 aliphatic heterocycles. The van der Waals surface area contributed by atoms with Crippen LogP contribution >= 0.6 is 0 Å². The SMILES string of the molecule is O=C(CCc1ccco1)Nc1cccc(F)n1. The van der Waals surface area contributed by atoms with E-state index in [4.69, 9.17) is 4.42 Å². The normalized spacial score (nSPS) is 10.2. The van der Waals surface area contributed by atoms with E-state index in [1.807, 2.05) is 0 Å². The van der Waals surface area contributed by atoms with Crippen LogP contribution in [0.4, 0.5) is 10.2 Å². The minimum absolute atomic E-state index is 0.217. The zero-order valence-corrected chi connectivity index (χ0v) is 9.02. The van der Waals surface area contributed by atoms with E-state index in [0.29, 0.717) is 6.42 Å². The smallest absolute Gasteiger partial charge is 0.225 e. The molecule has 5 heteroatoms. The molecule has 4 nitrogen and oxygen atoms in total. The maximum Gasteiger partial charge on any atom is 0.225 e. The molecule has 0 aliphatic carbocycles. The van der Waals surface area contributed by atoms with Crippen LogP contribution in [0.1, 0.15) is 12.2 Å². The van der Waals surface area contributed by atoms with Crippen molar-refractivity contribution in [3.8, 4) is 0 Å². The van der Waals surface area contributed by atoms with E-state index < -0.39 is 5.95 Å². The predicted octanol–water partition coefficient (Wildman–Crippen LogP) is 2.39. The molecule has 2 aromatic heterocycles. The van der Waals surface area contributed by atoms with E-state index in [9.17, 15) is 9.18 Å². The third-order valence-electron chi connectivity index (χ3n) is 2.16. The molecule has 1 N–H and O–H groups in total. The maximum atomic E-state index is 12.7. The molecular formula is C12H11FN2O2. The van der Waals surface area contributed by atoms with Gasteiger partial charge in [-0.1, -0.05) is 6.07 Å². The van der Waals surface area contributed by atoms with Crippen LogP contribution in [-0.2, 0) is 11.2 Å². The first-order valence-electron chi connectivity index (χ1n) is 5.19. The van der Waals surface area contributed by atoms with Gasteiger partial charge in [0.15, 0.2) is 0 Å². The topological polar surface area (TPSA) is 55.1 Å². The highest BCUT2D eigenvalue weighted by Gasteiger charge is 2.05. The minimum Gasteiger partial charge on any atom is -0.469 e. The summed E-state index contributed by atoms with van der Waals surface area (Å²) in [4.78, 5) is 15.0. The standard InChI is InChI=1S/C12H11FN2O2/c13-10-4-1-5-11(14-10)15-12(16)7-6-9-3-2-8-17-9/h1-5,8H,6-7H2,(H,14,15,16). The van der Waals surface area contributed by atoms with Crippen molar-refractivity contribution < 1.29 is 13.6 Å². The van der Waals surface area contributed by atoms with Gasteiger partial charge in [-0.3, -0.25) is 4.79 Å². The number of rotatable bonds is 4. The van der Waals surface area contributed by atoms with E-state index in [1.165, 1.54) is 18.2 Å². The monoisotopic (exact) mass is 234 g/mol. The molecule has 0 atom stereocenters. The summed E-state index contributed by atoms with van der Waals surface area (Å²) in [5.41, 5.74) is 0. The zero-order valence-electron chi connectivity index (χ0n) is 9.02. The lowest BCUT2D eigenvalue weighted by Crippen LogP contribution is -2.13. The number of nitrogens with zero attached hydrogens (tertiary/aromatic N) is 1. The quantitative estimate of drug-likeness (QED) is 0.826. The molecule has 0 aliphatic rings. The number of nitrogens with one attached hydrogen (secondary N) is 1. The molecule has 0 saturated carbocycles. The number of anilines is 1. The highest BCUT2D eigenvalue weighted by Crippen LogP contribution is 2.07. The Kier molecular flexibility index (Phi) is 3.49. The van der Waals surface area contributed by atoms with Crippen molar-refractivity contribution in [3.63, 3.8) is 0 Å². The summed E-state index contributed by atoms with van der Waals surface area (Å²) >= 11 is 0. The van der Waals surface area contributed by atoms with Gasteiger partial charge in [0.25, 0.3) is 0 Å². The van der Waals surface area contributed by atoms with Crippen LogP contribution in [0.15, 0.2) is 41.0 Å². The van der Waals surface area contributed by atoms with Gasteiger partial charge in [0.2, 0.25) is 11.9 Å². The van der Waals surface area contributed by atoms with Crippen LogP contribution in [-0.4, -0.2) is 10.9 Å². The number of aromatic nitrogens is 1. The van der Waals surface area contributed by atoms with Gasteiger partial charge in [-0.25, -0.2) is 4.98 Å². The van der Waals surface area contributed by atoms with Gasteiger partial charge in [0, 0.05) is 12.8 Å².